The lowest BCUT2D eigenvalue weighted by Crippen LogP contribution is -2.31. The Morgan fingerprint density at radius 1 is 1.25 bits per heavy atom. The molecule has 0 atom stereocenters. The van der Waals surface area contributed by atoms with Crippen LogP contribution >= 0.6 is 0 Å². The number of rotatable bonds is 2. The first kappa shape index (κ1) is 12.4. The van der Waals surface area contributed by atoms with Crippen LogP contribution in [0, 0.1) is 0 Å². The van der Waals surface area contributed by atoms with Crippen LogP contribution in [-0.4, -0.2) is 39.7 Å². The Balaban J connectivity index is 2.24. The van der Waals surface area contributed by atoms with E-state index in [2.05, 4.69) is 25.0 Å². The third-order valence-electron chi connectivity index (χ3n) is 2.50. The lowest BCUT2D eigenvalue weighted by molar-refractivity contribution is -0.567. The first-order chi connectivity index (χ1) is 9.45. The van der Waals surface area contributed by atoms with Crippen LogP contribution in [0.25, 0.3) is 17.3 Å². The lowest BCUT2D eigenvalue weighted by Gasteiger charge is -1.92. The molecule has 0 saturated heterocycles. The van der Waals surface area contributed by atoms with Gasteiger partial charge in [-0.05, 0) is 12.1 Å². The number of sulfone groups is 1. The molecule has 0 aliphatic heterocycles. The molecule has 0 amide bonds. The van der Waals surface area contributed by atoms with Crippen molar-refractivity contribution in [1.82, 2.24) is 25.0 Å². The number of hydrogen-bond donors (Lipinski definition) is 2. The normalized spacial score (nSPS) is 11.8. The van der Waals surface area contributed by atoms with E-state index in [1.807, 2.05) is 0 Å². The maximum atomic E-state index is 11.5. The third kappa shape index (κ3) is 2.05. The van der Waals surface area contributed by atoms with Crippen LogP contribution in [0.1, 0.15) is 0 Å². The van der Waals surface area contributed by atoms with Crippen molar-refractivity contribution in [2.75, 3.05) is 12.0 Å². The molecule has 0 saturated carbocycles. The molecule has 0 aliphatic carbocycles. The second-order valence-corrected chi connectivity index (χ2v) is 5.97. The van der Waals surface area contributed by atoms with Gasteiger partial charge < -0.3 is 5.73 Å². The van der Waals surface area contributed by atoms with E-state index in [1.165, 1.54) is 4.52 Å². The fourth-order valence-corrected chi connectivity index (χ4v) is 2.11. The molecule has 0 aromatic carbocycles. The Morgan fingerprint density at radius 2 is 2.05 bits per heavy atom. The molecule has 20 heavy (non-hydrogen) atoms. The second kappa shape index (κ2) is 4.20. The summed E-state index contributed by atoms with van der Waals surface area (Å²) in [6.45, 7) is 0. The largest absolute Gasteiger partial charge is 0.383 e. The molecule has 3 aromatic heterocycles. The number of nitrogens with one attached hydrogen (secondary N) is 1. The minimum atomic E-state index is -3.56. The summed E-state index contributed by atoms with van der Waals surface area (Å²) in [6.07, 6.45) is 2.62. The molecule has 3 rings (SSSR count). The van der Waals surface area contributed by atoms with Crippen LogP contribution < -0.4 is 10.2 Å². The fraction of sp³-hybridized carbons (Fsp3) is 0.100. The second-order valence-electron chi connectivity index (χ2n) is 4.06. The minimum Gasteiger partial charge on any atom is -0.318 e. The number of anilines is 1. The summed E-state index contributed by atoms with van der Waals surface area (Å²) in [5.41, 5.74) is 6.28. The van der Waals surface area contributed by atoms with E-state index in [-0.39, 0.29) is 16.9 Å². The highest BCUT2D eigenvalue weighted by Gasteiger charge is 2.23. The predicted octanol–water partition coefficient (Wildman–Crippen LogP) is -1.01. The van der Waals surface area contributed by atoms with Crippen LogP contribution in [0.3, 0.4) is 0 Å². The zero-order valence-corrected chi connectivity index (χ0v) is 11.2. The van der Waals surface area contributed by atoms with Gasteiger partial charge in [-0.3, -0.25) is 4.98 Å². The van der Waals surface area contributed by atoms with Gasteiger partial charge in [-0.1, -0.05) is 16.0 Å². The summed E-state index contributed by atoms with van der Waals surface area (Å²) in [6, 6.07) is 5.33. The predicted molar refractivity (Wildman–Crippen MR) is 68.1 cm³/mol. The quantitative estimate of drug-likeness (QED) is 0.578. The number of pyridine rings is 1. The lowest BCUT2D eigenvalue weighted by atomic mass is 10.3. The van der Waals surface area contributed by atoms with Crippen molar-refractivity contribution in [2.45, 2.75) is 5.16 Å². The monoisotopic (exact) mass is 292 g/mol. The van der Waals surface area contributed by atoms with Crippen molar-refractivity contribution < 1.29 is 12.9 Å². The fourth-order valence-electron chi connectivity index (χ4n) is 1.61. The highest BCUT2D eigenvalue weighted by molar-refractivity contribution is 7.90. The number of nitrogens with two attached hydrogens (primary N) is 1. The van der Waals surface area contributed by atoms with Gasteiger partial charge in [0.1, 0.15) is 5.69 Å². The summed E-state index contributed by atoms with van der Waals surface area (Å²) in [5.74, 6) is 0.473. The van der Waals surface area contributed by atoms with E-state index in [9.17, 15) is 8.42 Å². The van der Waals surface area contributed by atoms with Crippen molar-refractivity contribution in [2.24, 2.45) is 0 Å². The molecule has 0 aliphatic rings. The molecule has 0 spiro atoms. The molecule has 10 heteroatoms. The van der Waals surface area contributed by atoms with Crippen molar-refractivity contribution in [1.29, 1.82) is 0 Å². The Morgan fingerprint density at radius 3 is 2.70 bits per heavy atom. The van der Waals surface area contributed by atoms with E-state index < -0.39 is 9.84 Å². The SMILES string of the molecule is CS(=O)(=O)c1nc(N)[n+]2[nH]c(-c3ccccn3)nc2n1. The van der Waals surface area contributed by atoms with Gasteiger partial charge in [0, 0.05) is 12.5 Å². The number of fused-ring (bicyclic) bond motifs is 1. The molecule has 102 valence electrons. The molecule has 0 unspecified atom stereocenters. The van der Waals surface area contributed by atoms with Gasteiger partial charge in [0.05, 0.1) is 0 Å². The molecular weight excluding hydrogens is 282 g/mol. The third-order valence-corrected chi connectivity index (χ3v) is 3.35. The average Bonchev–Trinajstić information content (AvgIpc) is 2.83. The Labute approximate surface area is 113 Å². The number of nitrogen functional groups attached to an aromatic ring is 1. The molecule has 3 heterocycles. The first-order valence-electron chi connectivity index (χ1n) is 5.52. The maximum absolute atomic E-state index is 11.5. The molecule has 9 nitrogen and oxygen atoms in total. The van der Waals surface area contributed by atoms with Crippen LogP contribution in [0.2, 0.25) is 0 Å². The van der Waals surface area contributed by atoms with E-state index in [0.717, 1.165) is 6.26 Å². The molecule has 0 radical (unpaired) electrons. The smallest absolute Gasteiger partial charge is 0.318 e. The van der Waals surface area contributed by atoms with Crippen molar-refractivity contribution in [3.8, 4) is 11.5 Å². The van der Waals surface area contributed by atoms with Gasteiger partial charge in [-0.15, -0.1) is 9.50 Å². The summed E-state index contributed by atoms with van der Waals surface area (Å²) < 4.78 is 24.2. The highest BCUT2D eigenvalue weighted by atomic mass is 32.2. The molecule has 0 fully saturated rings. The molecular formula is C10H10N7O2S+. The van der Waals surface area contributed by atoms with Gasteiger partial charge in [0.15, 0.2) is 0 Å². The Hall–Kier alpha value is -2.62. The number of aromatic nitrogens is 6. The van der Waals surface area contributed by atoms with Crippen molar-refractivity contribution >= 4 is 21.6 Å². The number of aromatic amines is 1. The van der Waals surface area contributed by atoms with Gasteiger partial charge in [0.2, 0.25) is 15.7 Å². The zero-order chi connectivity index (χ0) is 14.3. The number of H-pyrrole nitrogens is 1. The average molecular weight is 292 g/mol. The number of hydrogen-bond acceptors (Lipinski definition) is 7. The van der Waals surface area contributed by atoms with Crippen molar-refractivity contribution in [3.63, 3.8) is 0 Å². The maximum Gasteiger partial charge on any atom is 0.383 e. The molecule has 3 N–H and O–H groups in total. The van der Waals surface area contributed by atoms with Crippen LogP contribution in [-0.2, 0) is 9.84 Å². The van der Waals surface area contributed by atoms with Gasteiger partial charge in [-0.2, -0.15) is 0 Å². The van der Waals surface area contributed by atoms with Crippen molar-refractivity contribution in [3.05, 3.63) is 24.4 Å². The molecule has 0 bridgehead atoms. The first-order valence-corrected chi connectivity index (χ1v) is 7.41. The van der Waals surface area contributed by atoms with Gasteiger partial charge >= 0.3 is 16.9 Å². The van der Waals surface area contributed by atoms with Crippen LogP contribution in [0.5, 0.6) is 0 Å². The zero-order valence-electron chi connectivity index (χ0n) is 10.3. The topological polar surface area (TPSA) is 132 Å². The van der Waals surface area contributed by atoms with E-state index in [0.29, 0.717) is 11.5 Å². The number of nitrogens with zero attached hydrogens (tertiary/aromatic N) is 5. The van der Waals surface area contributed by atoms with Crippen LogP contribution in [0.15, 0.2) is 29.6 Å². The van der Waals surface area contributed by atoms with E-state index in [4.69, 9.17) is 5.73 Å². The highest BCUT2D eigenvalue weighted by Crippen LogP contribution is 2.11. The van der Waals surface area contributed by atoms with Gasteiger partial charge in [0.25, 0.3) is 0 Å². The van der Waals surface area contributed by atoms with Crippen LogP contribution in [0.4, 0.5) is 5.95 Å². The van der Waals surface area contributed by atoms with E-state index >= 15 is 0 Å². The Bertz CT molecular complexity index is 889. The standard InChI is InChI=1S/C10H9N7O2S/c1-20(18,19)10-14-8(11)17-9(15-10)13-7(16-17)6-4-2-3-5-12-6/h2-5H,1H3,(H2,11,13,14,15,16)/p+1. The summed E-state index contributed by atoms with van der Waals surface area (Å²) in [5, 5.41) is 2.49. The van der Waals surface area contributed by atoms with Gasteiger partial charge in [-0.25, -0.2) is 13.5 Å². The summed E-state index contributed by atoms with van der Waals surface area (Å²) >= 11 is 0. The van der Waals surface area contributed by atoms with E-state index in [1.54, 1.807) is 24.4 Å². The summed E-state index contributed by atoms with van der Waals surface area (Å²) in [7, 11) is -3.56. The minimum absolute atomic E-state index is 0.0508. The Kier molecular flexibility index (Phi) is 2.61. The summed E-state index contributed by atoms with van der Waals surface area (Å²) in [4.78, 5) is 15.9. The molecule has 3 aromatic rings.